The summed E-state index contributed by atoms with van der Waals surface area (Å²) in [7, 11) is 0. The minimum Gasteiger partial charge on any atom is -0.322 e. The number of alkyl halides is 3. The summed E-state index contributed by atoms with van der Waals surface area (Å²) in [5.41, 5.74) is 0.336. The second kappa shape index (κ2) is 12.9. The van der Waals surface area contributed by atoms with Crippen molar-refractivity contribution in [2.45, 2.75) is 44.9 Å². The zero-order chi connectivity index (χ0) is 33.3. The van der Waals surface area contributed by atoms with Gasteiger partial charge in [0.15, 0.2) is 0 Å². The third-order valence-electron chi connectivity index (χ3n) is 8.15. The van der Waals surface area contributed by atoms with Crippen LogP contribution in [0.3, 0.4) is 0 Å². The number of fused-ring (bicyclic) bond motifs is 1. The minimum atomic E-state index is -4.74. The van der Waals surface area contributed by atoms with E-state index >= 15 is 0 Å². The van der Waals surface area contributed by atoms with E-state index in [-0.39, 0.29) is 23.2 Å². The number of hydrogen-bond acceptors (Lipinski definition) is 2. The summed E-state index contributed by atoms with van der Waals surface area (Å²) in [4.78, 5) is 14.7. The summed E-state index contributed by atoms with van der Waals surface area (Å²) in [5.74, 6) is 2.61. The number of aromatic nitrogens is 2. The molecular weight excluding hydrogens is 618 g/mol. The van der Waals surface area contributed by atoms with Crippen molar-refractivity contribution in [2.75, 3.05) is 11.9 Å². The van der Waals surface area contributed by atoms with Crippen molar-refractivity contribution in [3.63, 3.8) is 0 Å². The minimum absolute atomic E-state index is 0.110. The molecule has 5 nitrogen and oxygen atoms in total. The summed E-state index contributed by atoms with van der Waals surface area (Å²) in [5, 5.41) is 7.19. The van der Waals surface area contributed by atoms with E-state index in [1.165, 1.54) is 12.1 Å². The Morgan fingerprint density at radius 3 is 2.30 bits per heavy atom. The van der Waals surface area contributed by atoms with E-state index in [1.54, 1.807) is 48.5 Å². The number of rotatable bonds is 4. The van der Waals surface area contributed by atoms with E-state index in [9.17, 15) is 31.1 Å². The Morgan fingerprint density at radius 2 is 1.60 bits per heavy atom. The molecular formula is C36H28F6N4O. The number of benzene rings is 4. The molecule has 1 atom stereocenters. The maximum atomic E-state index is 14.6. The van der Waals surface area contributed by atoms with Crippen LogP contribution < -0.4 is 5.32 Å². The van der Waals surface area contributed by atoms with Gasteiger partial charge in [0.25, 0.3) is 0 Å². The lowest BCUT2D eigenvalue weighted by atomic mass is 10.0. The van der Waals surface area contributed by atoms with E-state index in [0.29, 0.717) is 41.1 Å². The SMILES string of the molecule is CC1CCCCN1C(=O)Nc1cccc(C#Cc2cccc(-c3c4cccc(C(F)(F)F)c4nn3Cc3c(F)cc(F)cc3F)c2)c1. The highest BCUT2D eigenvalue weighted by molar-refractivity contribution is 5.95. The number of nitrogens with one attached hydrogen (secondary N) is 1. The van der Waals surface area contributed by atoms with E-state index < -0.39 is 46.8 Å². The molecule has 2 amide bonds. The van der Waals surface area contributed by atoms with Crippen LogP contribution in [0.1, 0.15) is 48.4 Å². The third-order valence-corrected chi connectivity index (χ3v) is 8.15. The molecule has 11 heteroatoms. The molecule has 47 heavy (non-hydrogen) atoms. The van der Waals surface area contributed by atoms with Gasteiger partial charge in [0.1, 0.15) is 23.0 Å². The van der Waals surface area contributed by atoms with E-state index in [2.05, 4.69) is 22.3 Å². The third kappa shape index (κ3) is 6.82. The highest BCUT2D eigenvalue weighted by Crippen LogP contribution is 2.38. The summed E-state index contributed by atoms with van der Waals surface area (Å²) in [6, 6.07) is 18.3. The van der Waals surface area contributed by atoms with E-state index in [0.717, 1.165) is 30.0 Å². The number of halogens is 6. The second-order valence-corrected chi connectivity index (χ2v) is 11.4. The van der Waals surface area contributed by atoms with E-state index in [4.69, 9.17) is 0 Å². The molecule has 240 valence electrons. The van der Waals surface area contributed by atoms with Gasteiger partial charge < -0.3 is 10.2 Å². The monoisotopic (exact) mass is 646 g/mol. The largest absolute Gasteiger partial charge is 0.418 e. The van der Waals surface area contributed by atoms with Crippen LogP contribution in [0.4, 0.5) is 36.8 Å². The van der Waals surface area contributed by atoms with Crippen molar-refractivity contribution in [1.82, 2.24) is 14.7 Å². The number of anilines is 1. The topological polar surface area (TPSA) is 50.2 Å². The first-order valence-electron chi connectivity index (χ1n) is 15.0. The number of likely N-dealkylation sites (tertiary alicyclic amines) is 1. The van der Waals surface area contributed by atoms with Gasteiger partial charge in [-0.2, -0.15) is 18.3 Å². The quantitative estimate of drug-likeness (QED) is 0.157. The molecule has 0 aliphatic carbocycles. The summed E-state index contributed by atoms with van der Waals surface area (Å²) in [6.45, 7) is 2.13. The summed E-state index contributed by atoms with van der Waals surface area (Å²) < 4.78 is 85.8. The van der Waals surface area contributed by atoms with Crippen LogP contribution in [-0.2, 0) is 12.7 Å². The fourth-order valence-corrected chi connectivity index (χ4v) is 5.83. The number of carbonyl (C=O) groups excluding carboxylic acids is 1. The van der Waals surface area contributed by atoms with Crippen molar-refractivity contribution >= 4 is 22.6 Å². The Balaban J connectivity index is 1.35. The first kappa shape index (κ1) is 31.7. The van der Waals surface area contributed by atoms with Crippen LogP contribution in [0, 0.1) is 29.3 Å². The van der Waals surface area contributed by atoms with Gasteiger partial charge in [0.2, 0.25) is 0 Å². The zero-order valence-corrected chi connectivity index (χ0v) is 25.1. The number of urea groups is 1. The van der Waals surface area contributed by atoms with Gasteiger partial charge in [-0.3, -0.25) is 4.68 Å². The second-order valence-electron chi connectivity index (χ2n) is 11.4. The number of nitrogens with zero attached hydrogens (tertiary/aromatic N) is 3. The molecule has 0 radical (unpaired) electrons. The van der Waals surface area contributed by atoms with Crippen molar-refractivity contribution in [3.8, 4) is 23.1 Å². The molecule has 5 aromatic rings. The molecule has 1 saturated heterocycles. The molecule has 1 N–H and O–H groups in total. The Kier molecular flexibility index (Phi) is 8.69. The van der Waals surface area contributed by atoms with Gasteiger partial charge in [-0.1, -0.05) is 42.2 Å². The molecule has 0 spiro atoms. The standard InChI is InChI=1S/C36H28F6N4O/c1-22-7-2-3-16-45(22)35(47)43-27-11-5-9-24(18-27)15-14-23-8-4-10-25(17-23)34-28-12-6-13-30(36(40,41)42)33(28)44-46(34)21-29-31(38)19-26(37)20-32(29)39/h4-6,8-13,17-20,22H,2-3,7,16,21H2,1H3,(H,43,47). The molecule has 1 aromatic heterocycles. The lowest BCUT2D eigenvalue weighted by Gasteiger charge is -2.33. The van der Waals surface area contributed by atoms with Gasteiger partial charge >= 0.3 is 12.2 Å². The number of amides is 2. The molecule has 1 aliphatic rings. The smallest absolute Gasteiger partial charge is 0.322 e. The first-order valence-corrected chi connectivity index (χ1v) is 15.0. The highest BCUT2D eigenvalue weighted by Gasteiger charge is 2.35. The van der Waals surface area contributed by atoms with E-state index in [1.807, 2.05) is 11.8 Å². The molecule has 1 unspecified atom stereocenters. The van der Waals surface area contributed by atoms with Gasteiger partial charge in [-0.15, -0.1) is 0 Å². The van der Waals surface area contributed by atoms with Gasteiger partial charge in [0, 0.05) is 58.0 Å². The molecule has 0 bridgehead atoms. The van der Waals surface area contributed by atoms with Crippen molar-refractivity contribution in [2.24, 2.45) is 0 Å². The predicted octanol–water partition coefficient (Wildman–Crippen LogP) is 8.99. The highest BCUT2D eigenvalue weighted by atomic mass is 19.4. The van der Waals surface area contributed by atoms with Crippen LogP contribution in [0.2, 0.25) is 0 Å². The van der Waals surface area contributed by atoms with Gasteiger partial charge in [-0.05, 0) is 62.6 Å². The molecule has 2 heterocycles. The Hall–Kier alpha value is -5.24. The van der Waals surface area contributed by atoms with Crippen molar-refractivity contribution < 1.29 is 31.1 Å². The average molecular weight is 647 g/mol. The maximum absolute atomic E-state index is 14.6. The molecule has 1 fully saturated rings. The molecule has 6 rings (SSSR count). The average Bonchev–Trinajstić information content (AvgIpc) is 3.40. The summed E-state index contributed by atoms with van der Waals surface area (Å²) >= 11 is 0. The van der Waals surface area contributed by atoms with Crippen LogP contribution in [0.5, 0.6) is 0 Å². The maximum Gasteiger partial charge on any atom is 0.418 e. The Morgan fingerprint density at radius 1 is 0.915 bits per heavy atom. The van der Waals surface area contributed by atoms with Crippen molar-refractivity contribution in [1.29, 1.82) is 0 Å². The summed E-state index contributed by atoms with van der Waals surface area (Å²) in [6.07, 6.45) is -1.73. The Bertz CT molecular complexity index is 2020. The number of piperidine rings is 1. The molecule has 0 saturated carbocycles. The zero-order valence-electron chi connectivity index (χ0n) is 25.1. The fourth-order valence-electron chi connectivity index (χ4n) is 5.83. The lowest BCUT2D eigenvalue weighted by Crippen LogP contribution is -2.44. The molecule has 1 aliphatic heterocycles. The number of carbonyl (C=O) groups is 1. The van der Waals surface area contributed by atoms with Crippen LogP contribution in [0.25, 0.3) is 22.2 Å². The van der Waals surface area contributed by atoms with Crippen LogP contribution in [0.15, 0.2) is 78.9 Å². The lowest BCUT2D eigenvalue weighted by molar-refractivity contribution is -0.136. The van der Waals surface area contributed by atoms with Gasteiger partial charge in [0.05, 0.1) is 17.8 Å². The normalized spacial score (nSPS) is 15.0. The molecule has 4 aromatic carbocycles. The van der Waals surface area contributed by atoms with Crippen LogP contribution >= 0.6 is 0 Å². The van der Waals surface area contributed by atoms with Crippen molar-refractivity contribution in [3.05, 3.63) is 119 Å². The number of hydrogen-bond donors (Lipinski definition) is 1. The van der Waals surface area contributed by atoms with Gasteiger partial charge in [-0.25, -0.2) is 18.0 Å². The Labute approximate surface area is 266 Å². The predicted molar refractivity (Wildman–Crippen MR) is 167 cm³/mol. The fraction of sp³-hybridized carbons (Fsp3) is 0.222. The first-order chi connectivity index (χ1) is 22.5. The van der Waals surface area contributed by atoms with Crippen LogP contribution in [-0.4, -0.2) is 33.3 Å².